The van der Waals surface area contributed by atoms with Crippen LogP contribution in [0, 0.1) is 0 Å². The first-order valence-electron chi connectivity index (χ1n) is 7.92. The zero-order valence-corrected chi connectivity index (χ0v) is 14.4. The number of nitrogens with one attached hydrogen (secondary N) is 2. The van der Waals surface area contributed by atoms with E-state index in [4.69, 9.17) is 4.99 Å². The van der Waals surface area contributed by atoms with Crippen molar-refractivity contribution in [3.63, 3.8) is 0 Å². The lowest BCUT2D eigenvalue weighted by Crippen LogP contribution is -2.51. The molecule has 2 rings (SSSR count). The first-order chi connectivity index (χ1) is 10.6. The number of carbonyl (C=O) groups is 1. The van der Waals surface area contributed by atoms with E-state index in [-0.39, 0.29) is 11.9 Å². The topological polar surface area (TPSA) is 56.7 Å². The Morgan fingerprint density at radius 1 is 1.59 bits per heavy atom. The van der Waals surface area contributed by atoms with Crippen LogP contribution < -0.4 is 10.6 Å². The third-order valence-corrected chi connectivity index (χ3v) is 4.97. The summed E-state index contributed by atoms with van der Waals surface area (Å²) >= 11 is 1.78. The highest BCUT2D eigenvalue weighted by Crippen LogP contribution is 2.20. The molecule has 0 saturated carbocycles. The van der Waals surface area contributed by atoms with Gasteiger partial charge < -0.3 is 15.5 Å². The lowest BCUT2D eigenvalue weighted by Gasteiger charge is -2.31. The molecule has 2 unspecified atom stereocenters. The fourth-order valence-corrected chi connectivity index (χ4v) is 3.31. The number of hydrogen-bond donors (Lipinski definition) is 2. The Kier molecular flexibility index (Phi) is 6.24. The van der Waals surface area contributed by atoms with Gasteiger partial charge in [-0.25, -0.2) is 0 Å². The molecular formula is C16H26N4OS. The van der Waals surface area contributed by atoms with Gasteiger partial charge in [0.15, 0.2) is 5.96 Å². The summed E-state index contributed by atoms with van der Waals surface area (Å²) in [7, 11) is 1.86. The van der Waals surface area contributed by atoms with Crippen molar-refractivity contribution in [1.82, 2.24) is 15.5 Å². The Morgan fingerprint density at radius 2 is 2.41 bits per heavy atom. The van der Waals surface area contributed by atoms with E-state index >= 15 is 0 Å². The van der Waals surface area contributed by atoms with Crippen molar-refractivity contribution in [3.05, 3.63) is 22.4 Å². The van der Waals surface area contributed by atoms with Crippen molar-refractivity contribution >= 4 is 23.2 Å². The zero-order chi connectivity index (χ0) is 15.9. The number of likely N-dealkylation sites (N-methyl/N-ethyl adjacent to an activating group) is 1. The Labute approximate surface area is 136 Å². The van der Waals surface area contributed by atoms with E-state index in [9.17, 15) is 4.79 Å². The van der Waals surface area contributed by atoms with E-state index in [1.807, 2.05) is 7.05 Å². The monoisotopic (exact) mass is 322 g/mol. The van der Waals surface area contributed by atoms with Gasteiger partial charge in [-0.3, -0.25) is 9.79 Å². The van der Waals surface area contributed by atoms with Crippen LogP contribution in [-0.4, -0.2) is 49.5 Å². The molecule has 5 nitrogen and oxygen atoms in total. The molecule has 1 amide bonds. The molecule has 122 valence electrons. The second-order valence-corrected chi connectivity index (χ2v) is 6.77. The van der Waals surface area contributed by atoms with Crippen LogP contribution in [0.1, 0.15) is 37.5 Å². The van der Waals surface area contributed by atoms with Gasteiger partial charge >= 0.3 is 0 Å². The first kappa shape index (κ1) is 16.8. The fraction of sp³-hybridized carbons (Fsp3) is 0.625. The van der Waals surface area contributed by atoms with Gasteiger partial charge in [-0.05, 0) is 24.8 Å². The second kappa shape index (κ2) is 8.17. The van der Waals surface area contributed by atoms with Crippen molar-refractivity contribution in [3.8, 4) is 0 Å². The van der Waals surface area contributed by atoms with E-state index in [1.54, 1.807) is 16.2 Å². The number of rotatable bonds is 5. The maximum absolute atomic E-state index is 11.6. The van der Waals surface area contributed by atoms with Crippen LogP contribution in [0.3, 0.4) is 0 Å². The van der Waals surface area contributed by atoms with Gasteiger partial charge in [-0.15, -0.1) is 11.3 Å². The minimum Gasteiger partial charge on any atom is -0.357 e. The van der Waals surface area contributed by atoms with Gasteiger partial charge in [-0.1, -0.05) is 13.0 Å². The minimum absolute atomic E-state index is 0.228. The summed E-state index contributed by atoms with van der Waals surface area (Å²) in [6, 6.07) is 4.52. The number of carbonyl (C=O) groups excluding carboxylic acids is 1. The molecule has 1 saturated heterocycles. The summed E-state index contributed by atoms with van der Waals surface area (Å²) in [5.41, 5.74) is 0. The maximum Gasteiger partial charge on any atom is 0.222 e. The van der Waals surface area contributed by atoms with Crippen molar-refractivity contribution in [2.75, 3.05) is 26.7 Å². The Balaban J connectivity index is 1.91. The van der Waals surface area contributed by atoms with E-state index in [0.29, 0.717) is 12.3 Å². The fourth-order valence-electron chi connectivity index (χ4n) is 2.53. The molecular weight excluding hydrogens is 296 g/mol. The van der Waals surface area contributed by atoms with Gasteiger partial charge in [-0.2, -0.15) is 0 Å². The number of guanidine groups is 1. The third-order valence-electron chi connectivity index (χ3n) is 3.86. The molecule has 1 aliphatic rings. The van der Waals surface area contributed by atoms with E-state index in [0.717, 1.165) is 32.0 Å². The normalized spacial score (nSPS) is 20.9. The van der Waals surface area contributed by atoms with Crippen LogP contribution in [0.2, 0.25) is 0 Å². The van der Waals surface area contributed by atoms with Crippen LogP contribution in [0.4, 0.5) is 0 Å². The molecule has 2 atom stereocenters. The van der Waals surface area contributed by atoms with Crippen LogP contribution in [-0.2, 0) is 4.79 Å². The Morgan fingerprint density at radius 3 is 3.05 bits per heavy atom. The Hall–Kier alpha value is -1.56. The molecule has 2 heterocycles. The molecule has 2 N–H and O–H groups in total. The number of aliphatic imine (C=N–C) groups is 1. The maximum atomic E-state index is 11.6. The predicted octanol–water partition coefficient (Wildman–Crippen LogP) is 2.03. The predicted molar refractivity (Wildman–Crippen MR) is 92.5 cm³/mol. The third kappa shape index (κ3) is 4.73. The molecule has 6 heteroatoms. The highest BCUT2D eigenvalue weighted by atomic mass is 32.1. The molecule has 22 heavy (non-hydrogen) atoms. The average Bonchev–Trinajstić information content (AvgIpc) is 3.03. The summed E-state index contributed by atoms with van der Waals surface area (Å²) in [4.78, 5) is 19.4. The molecule has 0 aliphatic carbocycles. The molecule has 1 aromatic rings. The lowest BCUT2D eigenvalue weighted by molar-refractivity contribution is -0.132. The van der Waals surface area contributed by atoms with Gasteiger partial charge in [0.05, 0.1) is 6.54 Å². The standard InChI is InChI=1S/C16H26N4OS/c1-4-17-16(18-10-12(2)14-6-5-9-22-14)19-13-7-8-15(21)20(3)11-13/h5-6,9,12-13H,4,7-8,10-11H2,1-3H3,(H2,17,18,19). The quantitative estimate of drug-likeness (QED) is 0.644. The Bertz CT molecular complexity index is 500. The smallest absolute Gasteiger partial charge is 0.222 e. The average molecular weight is 322 g/mol. The molecule has 0 aromatic carbocycles. The molecule has 0 bridgehead atoms. The number of thiophene rings is 1. The van der Waals surface area contributed by atoms with Crippen LogP contribution in [0.5, 0.6) is 0 Å². The van der Waals surface area contributed by atoms with Gasteiger partial charge in [0.1, 0.15) is 0 Å². The van der Waals surface area contributed by atoms with E-state index in [1.165, 1.54) is 4.88 Å². The summed E-state index contributed by atoms with van der Waals surface area (Å²) in [5.74, 6) is 1.50. The van der Waals surface area contributed by atoms with E-state index in [2.05, 4.69) is 42.0 Å². The molecule has 0 spiro atoms. The molecule has 1 aromatic heterocycles. The highest BCUT2D eigenvalue weighted by molar-refractivity contribution is 7.10. The summed E-state index contributed by atoms with van der Waals surface area (Å²) < 4.78 is 0. The zero-order valence-electron chi connectivity index (χ0n) is 13.6. The second-order valence-electron chi connectivity index (χ2n) is 5.79. The number of amides is 1. The van der Waals surface area contributed by atoms with Crippen LogP contribution in [0.15, 0.2) is 22.5 Å². The van der Waals surface area contributed by atoms with Crippen LogP contribution in [0.25, 0.3) is 0 Å². The molecule has 1 fully saturated rings. The first-order valence-corrected chi connectivity index (χ1v) is 8.80. The van der Waals surface area contributed by atoms with Crippen LogP contribution >= 0.6 is 11.3 Å². The lowest BCUT2D eigenvalue weighted by atomic mass is 10.1. The number of likely N-dealkylation sites (tertiary alicyclic amines) is 1. The van der Waals surface area contributed by atoms with Crippen molar-refractivity contribution < 1.29 is 4.79 Å². The number of piperidine rings is 1. The van der Waals surface area contributed by atoms with Gasteiger partial charge in [0.25, 0.3) is 0 Å². The number of hydrogen-bond acceptors (Lipinski definition) is 3. The van der Waals surface area contributed by atoms with Crippen molar-refractivity contribution in [1.29, 1.82) is 0 Å². The minimum atomic E-state index is 0.228. The summed E-state index contributed by atoms with van der Waals surface area (Å²) in [5, 5.41) is 8.86. The number of nitrogens with zero attached hydrogens (tertiary/aromatic N) is 2. The van der Waals surface area contributed by atoms with Crippen molar-refractivity contribution in [2.24, 2.45) is 4.99 Å². The SMILES string of the molecule is CCNC(=NCC(C)c1cccs1)NC1CCC(=O)N(C)C1. The molecule has 1 aliphatic heterocycles. The summed E-state index contributed by atoms with van der Waals surface area (Å²) in [6.45, 7) is 6.60. The highest BCUT2D eigenvalue weighted by Gasteiger charge is 2.23. The van der Waals surface area contributed by atoms with Crippen molar-refractivity contribution in [2.45, 2.75) is 38.6 Å². The van der Waals surface area contributed by atoms with E-state index < -0.39 is 0 Å². The summed E-state index contributed by atoms with van der Waals surface area (Å²) in [6.07, 6.45) is 1.48. The van der Waals surface area contributed by atoms with Gasteiger partial charge in [0.2, 0.25) is 5.91 Å². The largest absolute Gasteiger partial charge is 0.357 e. The molecule has 0 radical (unpaired) electrons. The van der Waals surface area contributed by atoms with Gasteiger partial charge in [0, 0.05) is 43.4 Å².